The van der Waals surface area contributed by atoms with Crippen molar-refractivity contribution in [3.8, 4) is 5.75 Å². The number of hydrogen-bond acceptors (Lipinski definition) is 4. The van der Waals surface area contributed by atoms with Crippen LogP contribution in [0.4, 0.5) is 4.39 Å². The fourth-order valence-corrected chi connectivity index (χ4v) is 3.01. The van der Waals surface area contributed by atoms with Crippen molar-refractivity contribution in [2.75, 3.05) is 26.8 Å². The molecule has 5 nitrogen and oxygen atoms in total. The number of amides is 1. The molecule has 0 unspecified atom stereocenters. The average Bonchev–Trinajstić information content (AvgIpc) is 3.03. The van der Waals surface area contributed by atoms with Crippen molar-refractivity contribution < 1.29 is 23.8 Å². The molecule has 0 saturated carbocycles. The highest BCUT2D eigenvalue weighted by Crippen LogP contribution is 2.25. The van der Waals surface area contributed by atoms with Crippen LogP contribution in [0.3, 0.4) is 0 Å². The summed E-state index contributed by atoms with van der Waals surface area (Å²) in [7, 11) is 1.62. The van der Waals surface area contributed by atoms with Gasteiger partial charge in [-0.25, -0.2) is 4.39 Å². The summed E-state index contributed by atoms with van der Waals surface area (Å²) >= 11 is 0. The minimum Gasteiger partial charge on any atom is -0.490 e. The Bertz CT molecular complexity index is 765. The molecule has 6 heteroatoms. The van der Waals surface area contributed by atoms with Crippen LogP contribution in [0, 0.1) is 5.82 Å². The minimum atomic E-state index is -1.14. The number of β-amino-alcohol motifs (C(OH)–C–C–N with tert-alkyl or cyclic N) is 1. The number of methoxy groups -OCH3 is 1. The first kappa shape index (κ1) is 18.4. The predicted molar refractivity (Wildman–Crippen MR) is 94.5 cm³/mol. The molecule has 1 atom stereocenters. The van der Waals surface area contributed by atoms with Crippen LogP contribution in [0.5, 0.6) is 5.75 Å². The molecule has 1 N–H and O–H groups in total. The van der Waals surface area contributed by atoms with E-state index in [9.17, 15) is 14.3 Å². The fraction of sp³-hybridized carbons (Fsp3) is 0.350. The average molecular weight is 359 g/mol. The van der Waals surface area contributed by atoms with Crippen LogP contribution >= 0.6 is 0 Å². The summed E-state index contributed by atoms with van der Waals surface area (Å²) in [5, 5.41) is 10.7. The first-order chi connectivity index (χ1) is 12.5. The van der Waals surface area contributed by atoms with Gasteiger partial charge in [0.1, 0.15) is 23.8 Å². The number of likely N-dealkylation sites (tertiary alicyclic amines) is 1. The lowest BCUT2D eigenvalue weighted by molar-refractivity contribution is 0.00422. The van der Waals surface area contributed by atoms with Gasteiger partial charge in [-0.2, -0.15) is 0 Å². The molecule has 3 rings (SSSR count). The van der Waals surface area contributed by atoms with Gasteiger partial charge in [-0.15, -0.1) is 0 Å². The Labute approximate surface area is 152 Å². The normalized spacial score (nSPS) is 19.6. The van der Waals surface area contributed by atoms with E-state index in [4.69, 9.17) is 9.47 Å². The number of carbonyl (C=O) groups excluding carboxylic acids is 1. The highest BCUT2D eigenvalue weighted by atomic mass is 19.1. The van der Waals surface area contributed by atoms with Gasteiger partial charge in [0, 0.05) is 25.3 Å². The van der Waals surface area contributed by atoms with E-state index < -0.39 is 11.4 Å². The Hall–Kier alpha value is -2.44. The van der Waals surface area contributed by atoms with E-state index in [1.54, 1.807) is 36.3 Å². The lowest BCUT2D eigenvalue weighted by Crippen LogP contribution is -2.40. The van der Waals surface area contributed by atoms with Crippen LogP contribution in [0.2, 0.25) is 0 Å². The van der Waals surface area contributed by atoms with Gasteiger partial charge >= 0.3 is 0 Å². The summed E-state index contributed by atoms with van der Waals surface area (Å²) in [6, 6.07) is 13.0. The Morgan fingerprint density at radius 2 is 2.04 bits per heavy atom. The van der Waals surface area contributed by atoms with Crippen molar-refractivity contribution >= 4 is 5.91 Å². The SMILES string of the molecule is COCc1ccc(C(=O)N2CC[C@](O)(COc3cccc(F)c3)C2)cc1. The lowest BCUT2D eigenvalue weighted by atomic mass is 10.1. The van der Waals surface area contributed by atoms with Gasteiger partial charge < -0.3 is 19.5 Å². The molecule has 138 valence electrons. The van der Waals surface area contributed by atoms with Gasteiger partial charge in [0.05, 0.1) is 13.2 Å². The van der Waals surface area contributed by atoms with E-state index in [1.807, 2.05) is 12.1 Å². The largest absolute Gasteiger partial charge is 0.490 e. The third-order valence-corrected chi connectivity index (χ3v) is 4.43. The minimum absolute atomic E-state index is 0.00695. The van der Waals surface area contributed by atoms with Crippen molar-refractivity contribution in [3.63, 3.8) is 0 Å². The quantitative estimate of drug-likeness (QED) is 0.861. The highest BCUT2D eigenvalue weighted by molar-refractivity contribution is 5.94. The van der Waals surface area contributed by atoms with Crippen molar-refractivity contribution in [3.05, 3.63) is 65.5 Å². The molecule has 0 aliphatic carbocycles. The Morgan fingerprint density at radius 1 is 1.27 bits per heavy atom. The summed E-state index contributed by atoms with van der Waals surface area (Å²) in [5.74, 6) is -0.165. The number of aliphatic hydroxyl groups is 1. The second-order valence-electron chi connectivity index (χ2n) is 6.58. The molecule has 1 heterocycles. The standard InChI is InChI=1S/C20H22FNO4/c1-25-12-15-5-7-16(8-6-15)19(23)22-10-9-20(24,13-22)14-26-18-4-2-3-17(21)11-18/h2-8,11,24H,9-10,12-14H2,1H3/t20-/m1/s1. The predicted octanol–water partition coefficient (Wildman–Crippen LogP) is 2.63. The van der Waals surface area contributed by atoms with Gasteiger partial charge in [-0.3, -0.25) is 4.79 Å². The van der Waals surface area contributed by atoms with Gasteiger partial charge in [0.2, 0.25) is 0 Å². The molecule has 1 fully saturated rings. The number of ether oxygens (including phenoxy) is 2. The second-order valence-corrected chi connectivity index (χ2v) is 6.58. The molecule has 1 aliphatic rings. The van der Waals surface area contributed by atoms with Crippen molar-refractivity contribution in [2.45, 2.75) is 18.6 Å². The van der Waals surface area contributed by atoms with Gasteiger partial charge in [-0.05, 0) is 36.2 Å². The third-order valence-electron chi connectivity index (χ3n) is 4.43. The van der Waals surface area contributed by atoms with E-state index in [-0.39, 0.29) is 19.1 Å². The van der Waals surface area contributed by atoms with E-state index in [1.165, 1.54) is 12.1 Å². The second kappa shape index (κ2) is 7.85. The van der Waals surface area contributed by atoms with Gasteiger partial charge in [0.15, 0.2) is 0 Å². The van der Waals surface area contributed by atoms with E-state index >= 15 is 0 Å². The number of halogens is 1. The fourth-order valence-electron chi connectivity index (χ4n) is 3.01. The summed E-state index contributed by atoms with van der Waals surface area (Å²) in [5.41, 5.74) is 0.420. The van der Waals surface area contributed by atoms with Crippen LogP contribution in [0.25, 0.3) is 0 Å². The maximum atomic E-state index is 13.2. The highest BCUT2D eigenvalue weighted by Gasteiger charge is 2.39. The van der Waals surface area contributed by atoms with Gasteiger partial charge in [-0.1, -0.05) is 18.2 Å². The molecule has 1 aliphatic heterocycles. The Balaban J connectivity index is 1.58. The molecule has 26 heavy (non-hydrogen) atoms. The maximum absolute atomic E-state index is 13.2. The number of rotatable bonds is 6. The smallest absolute Gasteiger partial charge is 0.253 e. The number of nitrogens with zero attached hydrogens (tertiary/aromatic N) is 1. The van der Waals surface area contributed by atoms with Crippen LogP contribution in [-0.2, 0) is 11.3 Å². The zero-order valence-electron chi connectivity index (χ0n) is 14.7. The molecule has 0 radical (unpaired) electrons. The summed E-state index contributed by atoms with van der Waals surface area (Å²) < 4.78 is 23.8. The summed E-state index contributed by atoms with van der Waals surface area (Å²) in [6.45, 7) is 1.13. The maximum Gasteiger partial charge on any atom is 0.253 e. The Kier molecular flexibility index (Phi) is 5.54. The monoisotopic (exact) mass is 359 g/mol. The third kappa shape index (κ3) is 4.39. The summed E-state index contributed by atoms with van der Waals surface area (Å²) in [6.07, 6.45) is 0.413. The van der Waals surface area contributed by atoms with Crippen LogP contribution in [0.1, 0.15) is 22.3 Å². The molecular formula is C20H22FNO4. The number of hydrogen-bond donors (Lipinski definition) is 1. The molecule has 1 saturated heterocycles. The van der Waals surface area contributed by atoms with Crippen LogP contribution in [0.15, 0.2) is 48.5 Å². The molecular weight excluding hydrogens is 337 g/mol. The van der Waals surface area contributed by atoms with Crippen LogP contribution < -0.4 is 4.74 Å². The zero-order valence-corrected chi connectivity index (χ0v) is 14.7. The number of carbonyl (C=O) groups is 1. The molecule has 0 bridgehead atoms. The topological polar surface area (TPSA) is 59.0 Å². The lowest BCUT2D eigenvalue weighted by Gasteiger charge is -2.23. The first-order valence-electron chi connectivity index (χ1n) is 8.47. The summed E-state index contributed by atoms with van der Waals surface area (Å²) in [4.78, 5) is 14.2. The van der Waals surface area contributed by atoms with Crippen LogP contribution in [-0.4, -0.2) is 48.3 Å². The van der Waals surface area contributed by atoms with Crippen molar-refractivity contribution in [1.29, 1.82) is 0 Å². The van der Waals surface area contributed by atoms with E-state index in [0.29, 0.717) is 30.9 Å². The van der Waals surface area contributed by atoms with Crippen molar-refractivity contribution in [2.24, 2.45) is 0 Å². The first-order valence-corrected chi connectivity index (χ1v) is 8.47. The Morgan fingerprint density at radius 3 is 2.73 bits per heavy atom. The molecule has 0 aromatic heterocycles. The zero-order chi connectivity index (χ0) is 18.6. The van der Waals surface area contributed by atoms with E-state index in [2.05, 4.69) is 0 Å². The van der Waals surface area contributed by atoms with Crippen molar-refractivity contribution in [1.82, 2.24) is 4.90 Å². The molecule has 2 aromatic rings. The molecule has 1 amide bonds. The number of benzene rings is 2. The van der Waals surface area contributed by atoms with E-state index in [0.717, 1.165) is 5.56 Å². The van der Waals surface area contributed by atoms with Gasteiger partial charge in [0.25, 0.3) is 5.91 Å². The molecule has 2 aromatic carbocycles. The molecule has 0 spiro atoms.